The number of esters is 1. The molecule has 0 fully saturated rings. The maximum absolute atomic E-state index is 12.8. The lowest BCUT2D eigenvalue weighted by molar-refractivity contribution is -0.137. The van der Waals surface area contributed by atoms with Crippen LogP contribution >= 0.6 is 0 Å². The summed E-state index contributed by atoms with van der Waals surface area (Å²) >= 11 is 0. The molecule has 1 unspecified atom stereocenters. The molecular formula is C19H21F3N2O4. The van der Waals surface area contributed by atoms with Crippen LogP contribution in [0.25, 0.3) is 0 Å². The van der Waals surface area contributed by atoms with Crippen LogP contribution in [0.1, 0.15) is 34.4 Å². The van der Waals surface area contributed by atoms with Crippen molar-refractivity contribution in [3.8, 4) is 0 Å². The number of ether oxygens (including phenoxy) is 1. The summed E-state index contributed by atoms with van der Waals surface area (Å²) in [7, 11) is 2.92. The first kappa shape index (κ1) is 21.5. The number of aryl methyl sites for hydroxylation is 1. The molecule has 1 aromatic carbocycles. The molecule has 6 nitrogen and oxygen atoms in total. The fourth-order valence-electron chi connectivity index (χ4n) is 2.54. The summed E-state index contributed by atoms with van der Waals surface area (Å²) in [6.07, 6.45) is -4.49. The van der Waals surface area contributed by atoms with Gasteiger partial charge in [0.1, 0.15) is 17.1 Å². The summed E-state index contributed by atoms with van der Waals surface area (Å²) in [6.45, 7) is 3.45. The lowest BCUT2D eigenvalue weighted by atomic mass is 10.2. The molecule has 9 heteroatoms. The Morgan fingerprint density at radius 1 is 1.29 bits per heavy atom. The number of methoxy groups -OCH3 is 1. The third-order valence-electron chi connectivity index (χ3n) is 4.28. The number of furan rings is 1. The first-order chi connectivity index (χ1) is 13.0. The molecule has 0 aliphatic carbocycles. The van der Waals surface area contributed by atoms with Crippen LogP contribution in [0.5, 0.6) is 0 Å². The molecule has 152 valence electrons. The quantitative estimate of drug-likeness (QED) is 0.749. The molecule has 1 N–H and O–H groups in total. The number of nitrogens with one attached hydrogen (secondary N) is 1. The van der Waals surface area contributed by atoms with Crippen molar-refractivity contribution in [1.82, 2.24) is 4.90 Å². The zero-order chi connectivity index (χ0) is 21.1. The molecule has 0 bridgehead atoms. The van der Waals surface area contributed by atoms with E-state index in [9.17, 15) is 22.8 Å². The van der Waals surface area contributed by atoms with Crippen molar-refractivity contribution in [3.05, 3.63) is 53.0 Å². The molecule has 0 spiro atoms. The Morgan fingerprint density at radius 3 is 2.57 bits per heavy atom. The molecule has 28 heavy (non-hydrogen) atoms. The molecule has 0 radical (unpaired) electrons. The third kappa shape index (κ3) is 5.13. The molecule has 2 aromatic rings. The van der Waals surface area contributed by atoms with Gasteiger partial charge in [-0.1, -0.05) is 6.07 Å². The maximum Gasteiger partial charge on any atom is 0.416 e. The zero-order valence-electron chi connectivity index (χ0n) is 15.9. The first-order valence-corrected chi connectivity index (χ1v) is 8.39. The Kier molecular flexibility index (Phi) is 6.50. The molecule has 1 heterocycles. The highest BCUT2D eigenvalue weighted by atomic mass is 19.4. The normalized spacial score (nSPS) is 12.7. The standard InChI is InChI=1S/C19H21F3N2O4/c1-11(17(25)23-14-7-5-6-13(8-14)19(20,21)22)24(3)10-15-9-16(12(2)28-15)18(26)27-4/h5-9,11H,10H2,1-4H3,(H,23,25). The largest absolute Gasteiger partial charge is 0.465 e. The molecule has 0 saturated carbocycles. The highest BCUT2D eigenvalue weighted by Crippen LogP contribution is 2.30. The maximum atomic E-state index is 12.8. The van der Waals surface area contributed by atoms with E-state index >= 15 is 0 Å². The number of nitrogens with zero attached hydrogens (tertiary/aromatic N) is 1. The van der Waals surface area contributed by atoms with E-state index in [1.807, 2.05) is 0 Å². The minimum absolute atomic E-state index is 0.0573. The predicted octanol–water partition coefficient (Wildman–Crippen LogP) is 3.85. The molecular weight excluding hydrogens is 377 g/mol. The minimum atomic E-state index is -4.49. The number of carbonyl (C=O) groups is 2. The fraction of sp³-hybridized carbons (Fsp3) is 0.368. The van der Waals surface area contributed by atoms with E-state index in [1.54, 1.807) is 25.8 Å². The lowest BCUT2D eigenvalue weighted by Gasteiger charge is -2.23. The Hall–Kier alpha value is -2.81. The number of rotatable bonds is 6. The average Bonchev–Trinajstić information content (AvgIpc) is 2.99. The second-order valence-corrected chi connectivity index (χ2v) is 6.33. The van der Waals surface area contributed by atoms with Gasteiger partial charge in [-0.15, -0.1) is 0 Å². The van der Waals surface area contributed by atoms with Gasteiger partial charge in [0, 0.05) is 5.69 Å². The smallest absolute Gasteiger partial charge is 0.416 e. The lowest BCUT2D eigenvalue weighted by Crippen LogP contribution is -2.39. The number of hydrogen-bond donors (Lipinski definition) is 1. The number of anilines is 1. The van der Waals surface area contributed by atoms with Gasteiger partial charge in [-0.3, -0.25) is 9.69 Å². The Balaban J connectivity index is 2.04. The van der Waals surface area contributed by atoms with Gasteiger partial charge in [-0.25, -0.2) is 4.79 Å². The van der Waals surface area contributed by atoms with Crippen LogP contribution in [0, 0.1) is 6.92 Å². The molecule has 0 aliphatic heterocycles. The summed E-state index contributed by atoms with van der Waals surface area (Å²) < 4.78 is 48.5. The number of halogens is 3. The van der Waals surface area contributed by atoms with Gasteiger partial charge in [0.15, 0.2) is 0 Å². The van der Waals surface area contributed by atoms with Crippen molar-refractivity contribution in [1.29, 1.82) is 0 Å². The van der Waals surface area contributed by atoms with E-state index < -0.39 is 29.7 Å². The highest BCUT2D eigenvalue weighted by Gasteiger charge is 2.30. The van der Waals surface area contributed by atoms with E-state index in [1.165, 1.54) is 25.3 Å². The SMILES string of the molecule is COC(=O)c1cc(CN(C)C(C)C(=O)Nc2cccc(C(F)(F)F)c2)oc1C. The molecule has 2 rings (SSSR count). The van der Waals surface area contributed by atoms with Gasteiger partial charge in [0.2, 0.25) is 5.91 Å². The van der Waals surface area contributed by atoms with Crippen LogP contribution in [0.15, 0.2) is 34.7 Å². The Morgan fingerprint density at radius 2 is 1.96 bits per heavy atom. The topological polar surface area (TPSA) is 71.8 Å². The molecule has 0 saturated heterocycles. The number of amides is 1. The summed E-state index contributed by atoms with van der Waals surface area (Å²) in [6, 6.07) is 5.30. The number of likely N-dealkylation sites (N-methyl/N-ethyl adjacent to an activating group) is 1. The number of alkyl halides is 3. The van der Waals surface area contributed by atoms with Gasteiger partial charge in [-0.05, 0) is 45.2 Å². The van der Waals surface area contributed by atoms with E-state index in [0.717, 1.165) is 12.1 Å². The third-order valence-corrected chi connectivity index (χ3v) is 4.28. The molecule has 1 amide bonds. The number of hydrogen-bond acceptors (Lipinski definition) is 5. The molecule has 0 aliphatic rings. The summed E-state index contributed by atoms with van der Waals surface area (Å²) in [5.41, 5.74) is -0.485. The summed E-state index contributed by atoms with van der Waals surface area (Å²) in [5, 5.41) is 2.48. The second kappa shape index (κ2) is 8.47. The van der Waals surface area contributed by atoms with E-state index in [0.29, 0.717) is 17.1 Å². The van der Waals surface area contributed by atoms with Crippen molar-refractivity contribution >= 4 is 17.6 Å². The second-order valence-electron chi connectivity index (χ2n) is 6.33. The Labute approximate surface area is 160 Å². The monoisotopic (exact) mass is 398 g/mol. The first-order valence-electron chi connectivity index (χ1n) is 8.39. The van der Waals surface area contributed by atoms with Gasteiger partial charge in [0.05, 0.1) is 25.3 Å². The van der Waals surface area contributed by atoms with Crippen molar-refractivity contribution in [2.75, 3.05) is 19.5 Å². The summed E-state index contributed by atoms with van der Waals surface area (Å²) in [5.74, 6) is -0.140. The van der Waals surface area contributed by atoms with Gasteiger partial charge in [-0.2, -0.15) is 13.2 Å². The van der Waals surface area contributed by atoms with E-state index in [4.69, 9.17) is 4.42 Å². The van der Waals surface area contributed by atoms with Crippen LogP contribution in [0.4, 0.5) is 18.9 Å². The van der Waals surface area contributed by atoms with Crippen LogP contribution < -0.4 is 5.32 Å². The zero-order valence-corrected chi connectivity index (χ0v) is 15.9. The molecule has 1 atom stereocenters. The average molecular weight is 398 g/mol. The number of carbonyl (C=O) groups excluding carboxylic acids is 2. The van der Waals surface area contributed by atoms with Crippen LogP contribution in [-0.4, -0.2) is 37.0 Å². The number of benzene rings is 1. The van der Waals surface area contributed by atoms with Crippen LogP contribution in [-0.2, 0) is 22.3 Å². The fourth-order valence-corrected chi connectivity index (χ4v) is 2.54. The van der Waals surface area contributed by atoms with Gasteiger partial charge < -0.3 is 14.5 Å². The van der Waals surface area contributed by atoms with E-state index in [-0.39, 0.29) is 12.2 Å². The Bertz CT molecular complexity index is 861. The summed E-state index contributed by atoms with van der Waals surface area (Å²) in [4.78, 5) is 25.7. The molecule has 1 aromatic heterocycles. The van der Waals surface area contributed by atoms with Crippen molar-refractivity contribution in [2.45, 2.75) is 32.6 Å². The minimum Gasteiger partial charge on any atom is -0.465 e. The van der Waals surface area contributed by atoms with Crippen molar-refractivity contribution < 1.29 is 31.9 Å². The van der Waals surface area contributed by atoms with Crippen molar-refractivity contribution in [3.63, 3.8) is 0 Å². The van der Waals surface area contributed by atoms with Crippen LogP contribution in [0.3, 0.4) is 0 Å². The van der Waals surface area contributed by atoms with Crippen LogP contribution in [0.2, 0.25) is 0 Å². The highest BCUT2D eigenvalue weighted by molar-refractivity contribution is 5.94. The van der Waals surface area contributed by atoms with Gasteiger partial charge >= 0.3 is 12.1 Å². The van der Waals surface area contributed by atoms with Crippen molar-refractivity contribution in [2.24, 2.45) is 0 Å². The van der Waals surface area contributed by atoms with E-state index in [2.05, 4.69) is 10.1 Å². The van der Waals surface area contributed by atoms with Gasteiger partial charge in [0.25, 0.3) is 0 Å². The predicted molar refractivity (Wildman–Crippen MR) is 95.8 cm³/mol.